The Kier molecular flexibility index (Phi) is 9.84. The fraction of sp³-hybridized carbons (Fsp3) is 0.656. The van der Waals surface area contributed by atoms with Gasteiger partial charge in [-0.2, -0.15) is 9.61 Å². The van der Waals surface area contributed by atoms with Crippen molar-refractivity contribution in [3.63, 3.8) is 0 Å². The predicted molar refractivity (Wildman–Crippen MR) is 179 cm³/mol. The van der Waals surface area contributed by atoms with Crippen molar-refractivity contribution in [1.29, 1.82) is 0 Å². The van der Waals surface area contributed by atoms with E-state index in [-0.39, 0.29) is 0 Å². The highest BCUT2D eigenvalue weighted by Crippen LogP contribution is 2.48. The number of halogens is 1. The fourth-order valence-electron chi connectivity index (χ4n) is 6.33. The van der Waals surface area contributed by atoms with Crippen LogP contribution >= 0.6 is 11.6 Å². The molecule has 0 radical (unpaired) electrons. The zero-order chi connectivity index (χ0) is 30.1. The molecule has 0 N–H and O–H groups in total. The number of hydrogen-bond donors (Lipinski definition) is 0. The van der Waals surface area contributed by atoms with Gasteiger partial charge in [0.2, 0.25) is 0 Å². The highest BCUT2D eigenvalue weighted by molar-refractivity contribution is 6.76. The molecule has 3 atom stereocenters. The topological polar surface area (TPSA) is 64.8 Å². The Balaban J connectivity index is 1.52. The van der Waals surface area contributed by atoms with E-state index in [0.717, 1.165) is 65.3 Å². The average Bonchev–Trinajstić information content (AvgIpc) is 3.49. The molecule has 2 saturated carbocycles. The lowest BCUT2D eigenvalue weighted by Gasteiger charge is -2.30. The Morgan fingerprint density at radius 3 is 2.10 bits per heavy atom. The van der Waals surface area contributed by atoms with E-state index in [0.29, 0.717) is 24.5 Å². The molecule has 10 heteroatoms. The summed E-state index contributed by atoms with van der Waals surface area (Å²) in [5.41, 5.74) is 4.93. The van der Waals surface area contributed by atoms with Crippen LogP contribution in [0.25, 0.3) is 16.8 Å². The minimum atomic E-state index is -1.20. The van der Waals surface area contributed by atoms with Crippen LogP contribution < -0.4 is 4.90 Å². The summed E-state index contributed by atoms with van der Waals surface area (Å²) in [6, 6.07) is 6.62. The van der Waals surface area contributed by atoms with E-state index in [1.54, 1.807) is 0 Å². The van der Waals surface area contributed by atoms with Crippen molar-refractivity contribution in [2.45, 2.75) is 96.3 Å². The summed E-state index contributed by atoms with van der Waals surface area (Å²) in [5.74, 6) is 3.11. The molecule has 3 aromatic heterocycles. The molecule has 230 valence electrons. The van der Waals surface area contributed by atoms with Gasteiger partial charge < -0.3 is 14.4 Å². The first-order valence-electron chi connectivity index (χ1n) is 15.8. The Morgan fingerprint density at radius 1 is 0.905 bits per heavy atom. The van der Waals surface area contributed by atoms with Gasteiger partial charge in [-0.1, -0.05) is 63.7 Å². The van der Waals surface area contributed by atoms with Crippen molar-refractivity contribution in [1.82, 2.24) is 19.6 Å². The first kappa shape index (κ1) is 31.6. The molecule has 3 aromatic rings. The predicted octanol–water partition coefficient (Wildman–Crippen LogP) is 8.48. The Morgan fingerprint density at radius 2 is 1.52 bits per heavy atom. The summed E-state index contributed by atoms with van der Waals surface area (Å²) in [5, 5.41) is 5.41. The maximum Gasteiger partial charge on any atom is 0.165 e. The molecule has 2 aliphatic carbocycles. The van der Waals surface area contributed by atoms with E-state index in [1.807, 2.05) is 23.8 Å². The second kappa shape index (κ2) is 13.1. The molecule has 5 rings (SSSR count). The van der Waals surface area contributed by atoms with E-state index < -0.39 is 16.1 Å². The van der Waals surface area contributed by atoms with Gasteiger partial charge in [0.1, 0.15) is 24.4 Å². The average molecular weight is 628 g/mol. The van der Waals surface area contributed by atoms with Crippen LogP contribution in [0.15, 0.2) is 24.5 Å². The van der Waals surface area contributed by atoms with Crippen molar-refractivity contribution < 1.29 is 9.47 Å². The standard InChI is InChI=1S/C32H50ClN5O2Si2/c1-23-14-27(19-34-31(23)33)28-20-35-38-30(18-29(36-32(28)38)26-16-24-8-9-25(15-24)17-26)37(21-39-10-12-41(2,3)4)22-40-11-13-42(5,6)7/h14,18-20,24-26H,8-13,15-17,21-22H2,1-7H3/t24-,25+,26+. The number of aromatic nitrogens is 4. The fourth-order valence-corrected chi connectivity index (χ4v) is 7.95. The molecular formula is C32H50ClN5O2Si2. The van der Waals surface area contributed by atoms with Gasteiger partial charge in [0.25, 0.3) is 0 Å². The molecule has 0 saturated heterocycles. The SMILES string of the molecule is Cc1cc(-c2cnn3c(N(COCC[Si](C)(C)C)COCC[Si](C)(C)C)cc([C@H]4C[C@@H]5CC[C@@H](C5)C4)nc23)cnc1Cl. The molecule has 2 bridgehead atoms. The zero-order valence-electron chi connectivity index (χ0n) is 26.8. The number of hydrogen-bond acceptors (Lipinski definition) is 6. The van der Waals surface area contributed by atoms with Crippen LogP contribution in [0, 0.1) is 18.8 Å². The van der Waals surface area contributed by atoms with E-state index >= 15 is 0 Å². The van der Waals surface area contributed by atoms with Gasteiger partial charge in [-0.15, -0.1) is 0 Å². The van der Waals surface area contributed by atoms with Crippen molar-refractivity contribution in [2.24, 2.45) is 11.8 Å². The molecule has 0 amide bonds. The Bertz CT molecular complexity index is 1340. The molecular weight excluding hydrogens is 578 g/mol. The smallest absolute Gasteiger partial charge is 0.165 e. The van der Waals surface area contributed by atoms with Crippen LogP contribution in [0.5, 0.6) is 0 Å². The van der Waals surface area contributed by atoms with Gasteiger partial charge in [0.15, 0.2) is 5.65 Å². The van der Waals surface area contributed by atoms with E-state index in [4.69, 9.17) is 31.2 Å². The molecule has 0 aliphatic heterocycles. The van der Waals surface area contributed by atoms with Gasteiger partial charge in [0, 0.05) is 64.4 Å². The number of fused-ring (bicyclic) bond motifs is 3. The minimum Gasteiger partial charge on any atom is -0.361 e. The first-order chi connectivity index (χ1) is 19.9. The van der Waals surface area contributed by atoms with Gasteiger partial charge >= 0.3 is 0 Å². The maximum atomic E-state index is 6.33. The van der Waals surface area contributed by atoms with Crippen LogP contribution in [0.1, 0.15) is 49.3 Å². The monoisotopic (exact) mass is 627 g/mol. The summed E-state index contributed by atoms with van der Waals surface area (Å²) >= 11 is 6.29. The van der Waals surface area contributed by atoms with Crippen LogP contribution in [0.3, 0.4) is 0 Å². The van der Waals surface area contributed by atoms with Crippen molar-refractivity contribution in [2.75, 3.05) is 31.6 Å². The molecule has 0 unspecified atom stereocenters. The third-order valence-electron chi connectivity index (χ3n) is 8.91. The normalized spacial score (nSPS) is 20.9. The number of anilines is 1. The molecule has 42 heavy (non-hydrogen) atoms. The number of nitrogens with zero attached hydrogens (tertiary/aromatic N) is 5. The van der Waals surface area contributed by atoms with Crippen LogP contribution in [0.2, 0.25) is 56.5 Å². The molecule has 7 nitrogen and oxygen atoms in total. The lowest BCUT2D eigenvalue weighted by molar-refractivity contribution is 0.0942. The lowest BCUT2D eigenvalue weighted by atomic mass is 9.79. The third kappa shape index (κ3) is 8.02. The number of pyridine rings is 1. The highest BCUT2D eigenvalue weighted by atomic mass is 35.5. The number of aryl methyl sites for hydroxylation is 1. The molecule has 0 aromatic carbocycles. The van der Waals surface area contributed by atoms with Gasteiger partial charge in [-0.05, 0) is 61.7 Å². The Labute approximate surface area is 259 Å². The Hall–Kier alpha value is -1.79. The van der Waals surface area contributed by atoms with Crippen LogP contribution in [-0.4, -0.2) is 62.4 Å². The van der Waals surface area contributed by atoms with E-state index in [2.05, 4.69) is 61.3 Å². The lowest BCUT2D eigenvalue weighted by Crippen LogP contribution is -2.33. The second-order valence-corrected chi connectivity index (χ2v) is 26.7. The van der Waals surface area contributed by atoms with Crippen LogP contribution in [0.4, 0.5) is 5.82 Å². The van der Waals surface area contributed by atoms with E-state index in [9.17, 15) is 0 Å². The van der Waals surface area contributed by atoms with Crippen molar-refractivity contribution in [3.8, 4) is 11.1 Å². The molecule has 0 spiro atoms. The molecule has 2 fully saturated rings. The number of rotatable bonds is 13. The largest absolute Gasteiger partial charge is 0.361 e. The summed E-state index contributed by atoms with van der Waals surface area (Å²) in [6.45, 7) is 18.8. The van der Waals surface area contributed by atoms with Gasteiger partial charge in [0.05, 0.1) is 6.20 Å². The summed E-state index contributed by atoms with van der Waals surface area (Å²) < 4.78 is 14.6. The number of ether oxygens (including phenoxy) is 2. The van der Waals surface area contributed by atoms with Crippen molar-refractivity contribution in [3.05, 3.63) is 40.9 Å². The zero-order valence-corrected chi connectivity index (χ0v) is 29.5. The van der Waals surface area contributed by atoms with Gasteiger partial charge in [-0.3, -0.25) is 0 Å². The summed E-state index contributed by atoms with van der Waals surface area (Å²) in [7, 11) is -2.40. The summed E-state index contributed by atoms with van der Waals surface area (Å²) in [6.07, 6.45) is 10.3. The summed E-state index contributed by atoms with van der Waals surface area (Å²) in [4.78, 5) is 12.0. The van der Waals surface area contributed by atoms with Gasteiger partial charge in [-0.25, -0.2) is 9.97 Å². The minimum absolute atomic E-state index is 0.461. The third-order valence-corrected chi connectivity index (χ3v) is 12.7. The molecule has 3 heterocycles. The van der Waals surface area contributed by atoms with Crippen molar-refractivity contribution >= 4 is 39.2 Å². The highest BCUT2D eigenvalue weighted by Gasteiger charge is 2.36. The van der Waals surface area contributed by atoms with Crippen LogP contribution in [-0.2, 0) is 9.47 Å². The first-order valence-corrected chi connectivity index (χ1v) is 23.6. The van der Waals surface area contributed by atoms with E-state index in [1.165, 1.54) is 37.8 Å². The second-order valence-electron chi connectivity index (χ2n) is 15.1. The maximum absolute atomic E-state index is 6.33. The molecule has 2 aliphatic rings. The quantitative estimate of drug-likeness (QED) is 0.0819.